The molecule has 1 aromatic rings. The van der Waals surface area contributed by atoms with E-state index in [0.29, 0.717) is 5.75 Å². The van der Waals surface area contributed by atoms with Crippen LogP contribution >= 0.6 is 23.2 Å². The molecule has 0 bridgehead atoms. The van der Waals surface area contributed by atoms with Crippen LogP contribution in [0.5, 0.6) is 11.5 Å². The number of hydrogen-bond acceptors (Lipinski definition) is 2. The van der Waals surface area contributed by atoms with Crippen molar-refractivity contribution in [2.75, 3.05) is 14.2 Å². The van der Waals surface area contributed by atoms with Crippen LogP contribution in [0, 0.1) is 5.82 Å². The molecule has 0 saturated heterocycles. The van der Waals surface area contributed by atoms with Gasteiger partial charge in [-0.2, -0.15) is 0 Å². The Morgan fingerprint density at radius 2 is 2.00 bits per heavy atom. The summed E-state index contributed by atoms with van der Waals surface area (Å²) in [5, 5.41) is 0.152. The van der Waals surface area contributed by atoms with Gasteiger partial charge in [0, 0.05) is 11.6 Å². The molecule has 1 rings (SSSR count). The lowest BCUT2D eigenvalue weighted by Crippen LogP contribution is -1.97. The normalized spacial score (nSPS) is 10.1. The number of rotatable bonds is 3. The number of alkyl halides is 1. The van der Waals surface area contributed by atoms with Gasteiger partial charge in [0.15, 0.2) is 11.5 Å². The molecule has 5 heteroatoms. The molecule has 0 radical (unpaired) electrons. The molecule has 0 atom stereocenters. The van der Waals surface area contributed by atoms with E-state index < -0.39 is 5.82 Å². The minimum absolute atomic E-state index is 0.00891. The molecular weight excluding hydrogens is 230 g/mol. The molecule has 0 fully saturated rings. The van der Waals surface area contributed by atoms with Crippen molar-refractivity contribution in [1.29, 1.82) is 0 Å². The summed E-state index contributed by atoms with van der Waals surface area (Å²) in [6, 6.07) is 1.20. The second kappa shape index (κ2) is 4.71. The lowest BCUT2D eigenvalue weighted by atomic mass is 10.2. The number of benzene rings is 1. The van der Waals surface area contributed by atoms with Crippen LogP contribution in [0.3, 0.4) is 0 Å². The van der Waals surface area contributed by atoms with Gasteiger partial charge in [-0.05, 0) is 0 Å². The predicted molar refractivity (Wildman–Crippen MR) is 54.1 cm³/mol. The molecular formula is C9H9Cl2FO2. The van der Waals surface area contributed by atoms with Crippen molar-refractivity contribution in [2.45, 2.75) is 5.88 Å². The molecule has 0 spiro atoms. The third-order valence-corrected chi connectivity index (χ3v) is 2.46. The lowest BCUT2D eigenvalue weighted by Gasteiger charge is -2.12. The molecule has 14 heavy (non-hydrogen) atoms. The molecule has 0 N–H and O–H groups in total. The van der Waals surface area contributed by atoms with Crippen molar-refractivity contribution in [3.05, 3.63) is 22.5 Å². The van der Waals surface area contributed by atoms with E-state index in [1.807, 2.05) is 0 Å². The van der Waals surface area contributed by atoms with Gasteiger partial charge >= 0.3 is 0 Å². The molecule has 0 heterocycles. The van der Waals surface area contributed by atoms with Crippen LogP contribution in [0.2, 0.25) is 5.02 Å². The largest absolute Gasteiger partial charge is 0.493 e. The Kier molecular flexibility index (Phi) is 3.84. The maximum absolute atomic E-state index is 13.3. The molecule has 1 aromatic carbocycles. The van der Waals surface area contributed by atoms with Crippen molar-refractivity contribution in [3.8, 4) is 11.5 Å². The van der Waals surface area contributed by atoms with Gasteiger partial charge in [0.2, 0.25) is 0 Å². The number of ether oxygens (including phenoxy) is 2. The van der Waals surface area contributed by atoms with E-state index in [1.165, 1.54) is 20.3 Å². The van der Waals surface area contributed by atoms with E-state index >= 15 is 0 Å². The molecule has 0 saturated carbocycles. The van der Waals surface area contributed by atoms with Crippen LogP contribution in [-0.4, -0.2) is 14.2 Å². The van der Waals surface area contributed by atoms with Crippen LogP contribution in [0.4, 0.5) is 4.39 Å². The van der Waals surface area contributed by atoms with Crippen LogP contribution in [0.25, 0.3) is 0 Å². The summed E-state index contributed by atoms with van der Waals surface area (Å²) in [5.74, 6) is 0.0445. The zero-order valence-corrected chi connectivity index (χ0v) is 9.25. The van der Waals surface area contributed by atoms with Gasteiger partial charge in [0.1, 0.15) is 5.82 Å². The zero-order valence-electron chi connectivity index (χ0n) is 7.73. The van der Waals surface area contributed by atoms with Gasteiger partial charge in [-0.15, -0.1) is 11.6 Å². The molecule has 0 aliphatic rings. The Morgan fingerprint density at radius 1 is 1.36 bits per heavy atom. The summed E-state index contributed by atoms with van der Waals surface area (Å²) in [6.07, 6.45) is 0. The Bertz CT molecular complexity index is 342. The van der Waals surface area contributed by atoms with Gasteiger partial charge in [-0.1, -0.05) is 11.6 Å². The summed E-state index contributed by atoms with van der Waals surface area (Å²) in [7, 11) is 2.84. The Labute approximate surface area is 91.5 Å². The summed E-state index contributed by atoms with van der Waals surface area (Å²) < 4.78 is 23.2. The monoisotopic (exact) mass is 238 g/mol. The first-order valence-electron chi connectivity index (χ1n) is 3.80. The molecule has 0 aliphatic heterocycles. The SMILES string of the molecule is COc1cc(F)c(CCl)c(Cl)c1OC. The maximum Gasteiger partial charge on any atom is 0.179 e. The van der Waals surface area contributed by atoms with E-state index in [9.17, 15) is 4.39 Å². The molecule has 78 valence electrons. The summed E-state index contributed by atoms with van der Waals surface area (Å²) in [5.41, 5.74) is 0.214. The highest BCUT2D eigenvalue weighted by molar-refractivity contribution is 6.34. The van der Waals surface area contributed by atoms with Crippen molar-refractivity contribution >= 4 is 23.2 Å². The third kappa shape index (κ3) is 1.88. The number of hydrogen-bond donors (Lipinski definition) is 0. The zero-order chi connectivity index (χ0) is 10.7. The molecule has 2 nitrogen and oxygen atoms in total. The minimum atomic E-state index is -0.498. The fourth-order valence-electron chi connectivity index (χ4n) is 1.08. The average Bonchev–Trinajstić information content (AvgIpc) is 2.17. The van der Waals surface area contributed by atoms with Crippen LogP contribution < -0.4 is 9.47 Å². The van der Waals surface area contributed by atoms with Gasteiger partial charge in [-0.3, -0.25) is 0 Å². The second-order valence-electron chi connectivity index (χ2n) is 2.52. The molecule has 0 aromatic heterocycles. The topological polar surface area (TPSA) is 18.5 Å². The fraction of sp³-hybridized carbons (Fsp3) is 0.333. The average molecular weight is 239 g/mol. The molecule has 0 unspecified atom stereocenters. The first-order valence-corrected chi connectivity index (χ1v) is 4.71. The Balaban J connectivity index is 3.39. The van der Waals surface area contributed by atoms with Crippen LogP contribution in [0.15, 0.2) is 6.07 Å². The summed E-state index contributed by atoms with van der Waals surface area (Å²) in [6.45, 7) is 0. The fourth-order valence-corrected chi connectivity index (χ4v) is 1.74. The predicted octanol–water partition coefficient (Wildman–Crippen LogP) is 3.24. The van der Waals surface area contributed by atoms with Gasteiger partial charge < -0.3 is 9.47 Å². The summed E-state index contributed by atoms with van der Waals surface area (Å²) >= 11 is 11.4. The highest BCUT2D eigenvalue weighted by atomic mass is 35.5. The molecule has 0 amide bonds. The van der Waals surface area contributed by atoms with Gasteiger partial charge in [-0.25, -0.2) is 4.39 Å². The third-order valence-electron chi connectivity index (χ3n) is 1.79. The van der Waals surface area contributed by atoms with Gasteiger partial charge in [0.25, 0.3) is 0 Å². The second-order valence-corrected chi connectivity index (χ2v) is 3.17. The first kappa shape index (κ1) is 11.4. The minimum Gasteiger partial charge on any atom is -0.493 e. The first-order chi connectivity index (χ1) is 6.65. The Morgan fingerprint density at radius 3 is 2.43 bits per heavy atom. The van der Waals surface area contributed by atoms with Crippen molar-refractivity contribution < 1.29 is 13.9 Å². The highest BCUT2D eigenvalue weighted by Crippen LogP contribution is 2.39. The summed E-state index contributed by atoms with van der Waals surface area (Å²) in [4.78, 5) is 0. The van der Waals surface area contributed by atoms with E-state index in [0.717, 1.165) is 0 Å². The maximum atomic E-state index is 13.3. The van der Waals surface area contributed by atoms with Gasteiger partial charge in [0.05, 0.1) is 25.1 Å². The van der Waals surface area contributed by atoms with Crippen molar-refractivity contribution in [3.63, 3.8) is 0 Å². The number of halogens is 3. The van der Waals surface area contributed by atoms with E-state index in [4.69, 9.17) is 32.7 Å². The lowest BCUT2D eigenvalue weighted by molar-refractivity contribution is 0.352. The Hall–Kier alpha value is -0.670. The van der Waals surface area contributed by atoms with Crippen molar-refractivity contribution in [2.24, 2.45) is 0 Å². The van der Waals surface area contributed by atoms with Crippen LogP contribution in [0.1, 0.15) is 5.56 Å². The van der Waals surface area contributed by atoms with Crippen molar-refractivity contribution in [1.82, 2.24) is 0 Å². The van der Waals surface area contributed by atoms with E-state index in [1.54, 1.807) is 0 Å². The number of methoxy groups -OCH3 is 2. The quantitative estimate of drug-likeness (QED) is 0.754. The highest BCUT2D eigenvalue weighted by Gasteiger charge is 2.17. The molecule has 0 aliphatic carbocycles. The van der Waals surface area contributed by atoms with E-state index in [-0.39, 0.29) is 22.2 Å². The van der Waals surface area contributed by atoms with Crippen LogP contribution in [-0.2, 0) is 5.88 Å². The smallest absolute Gasteiger partial charge is 0.179 e. The standard InChI is InChI=1S/C9H9Cl2FO2/c1-13-7-3-6(12)5(4-10)8(11)9(7)14-2/h3H,4H2,1-2H3. The van der Waals surface area contributed by atoms with E-state index in [2.05, 4.69) is 0 Å².